The van der Waals surface area contributed by atoms with Crippen molar-refractivity contribution in [1.29, 1.82) is 0 Å². The summed E-state index contributed by atoms with van der Waals surface area (Å²) in [7, 11) is 1.66. The first kappa shape index (κ1) is 26.6. The molecule has 6 nitrogen and oxygen atoms in total. The van der Waals surface area contributed by atoms with Crippen LogP contribution >= 0.6 is 0 Å². The molecule has 3 fully saturated rings. The van der Waals surface area contributed by atoms with Crippen molar-refractivity contribution in [2.75, 3.05) is 25.1 Å². The quantitative estimate of drug-likeness (QED) is 0.277. The van der Waals surface area contributed by atoms with Crippen LogP contribution < -0.4 is 13.3 Å². The van der Waals surface area contributed by atoms with E-state index in [0.29, 0.717) is 18.0 Å². The molecule has 7 heteroatoms. The third kappa shape index (κ3) is 6.30. The summed E-state index contributed by atoms with van der Waals surface area (Å²) >= 11 is -2.50. The van der Waals surface area contributed by atoms with Gasteiger partial charge < -0.3 is 4.74 Å². The van der Waals surface area contributed by atoms with Gasteiger partial charge in [0.2, 0.25) is 5.88 Å². The molecule has 2 aromatic rings. The van der Waals surface area contributed by atoms with Crippen LogP contribution in [0.4, 0.5) is 5.82 Å². The maximum absolute atomic E-state index is 5.20. The molecule has 5 heterocycles. The molecule has 2 bridgehead atoms. The van der Waals surface area contributed by atoms with E-state index >= 15 is 0 Å². The zero-order chi connectivity index (χ0) is 24.7. The fourth-order valence-corrected chi connectivity index (χ4v) is 21.1. The minimum atomic E-state index is -2.50. The van der Waals surface area contributed by atoms with Crippen molar-refractivity contribution in [1.82, 2.24) is 19.9 Å². The molecular formula is C28H45N5OSn. The Hall–Kier alpha value is -1.41. The minimum absolute atomic E-state index is 0.592. The number of nitrogens with zero attached hydrogens (tertiary/aromatic N) is 5. The van der Waals surface area contributed by atoms with Gasteiger partial charge in [0.25, 0.3) is 0 Å². The third-order valence-electron chi connectivity index (χ3n) is 8.25. The molecule has 192 valence electrons. The molecule has 3 saturated heterocycles. The molecule has 0 spiro atoms. The number of ether oxygens (including phenoxy) is 1. The SMILES string of the molecule is CCC[CH2][Sn]([CH2]CCC)([CH2]CCC)[c]1cnc(N2C[C@H]3C[C@@H](C2)N3Cc2ccc(OC)nc2)cn1. The number of piperidine rings is 1. The Bertz CT molecular complexity index is 873. The first-order valence-corrected chi connectivity index (χ1v) is 21.4. The summed E-state index contributed by atoms with van der Waals surface area (Å²) in [6.07, 6.45) is 15.5. The predicted molar refractivity (Wildman–Crippen MR) is 147 cm³/mol. The second-order valence-electron chi connectivity index (χ2n) is 10.7. The fraction of sp³-hybridized carbons (Fsp3) is 0.679. The number of hydrogen-bond donors (Lipinski definition) is 0. The van der Waals surface area contributed by atoms with Crippen molar-refractivity contribution in [3.05, 3.63) is 36.3 Å². The summed E-state index contributed by atoms with van der Waals surface area (Å²) in [5.74, 6) is 1.76. The molecule has 2 atom stereocenters. The van der Waals surface area contributed by atoms with E-state index < -0.39 is 18.4 Å². The van der Waals surface area contributed by atoms with Crippen LogP contribution in [0.1, 0.15) is 71.3 Å². The summed E-state index contributed by atoms with van der Waals surface area (Å²) in [6.45, 7) is 10.1. The van der Waals surface area contributed by atoms with E-state index in [4.69, 9.17) is 14.7 Å². The topological polar surface area (TPSA) is 54.4 Å². The van der Waals surface area contributed by atoms with Gasteiger partial charge in [0.15, 0.2) is 0 Å². The van der Waals surface area contributed by atoms with Crippen LogP contribution in [0.2, 0.25) is 13.3 Å². The maximum atomic E-state index is 5.20. The number of aromatic nitrogens is 3. The van der Waals surface area contributed by atoms with Crippen molar-refractivity contribution in [3.63, 3.8) is 0 Å². The van der Waals surface area contributed by atoms with E-state index in [1.54, 1.807) is 7.11 Å². The van der Waals surface area contributed by atoms with Crippen LogP contribution in [0, 0.1) is 0 Å². The Morgan fingerprint density at radius 2 is 1.51 bits per heavy atom. The number of unbranched alkanes of at least 4 members (excludes halogenated alkanes) is 3. The van der Waals surface area contributed by atoms with Gasteiger partial charge in [0.05, 0.1) is 7.11 Å². The Labute approximate surface area is 216 Å². The van der Waals surface area contributed by atoms with Crippen molar-refractivity contribution < 1.29 is 4.74 Å². The Morgan fingerprint density at radius 3 is 2.00 bits per heavy atom. The summed E-state index contributed by atoms with van der Waals surface area (Å²) in [4.78, 5) is 19.7. The molecule has 0 aliphatic carbocycles. The van der Waals surface area contributed by atoms with Gasteiger partial charge in [0.1, 0.15) is 0 Å². The van der Waals surface area contributed by atoms with E-state index in [0.717, 1.165) is 25.5 Å². The van der Waals surface area contributed by atoms with Crippen molar-refractivity contribution in [3.8, 4) is 5.88 Å². The number of fused-ring (bicyclic) bond motifs is 2. The van der Waals surface area contributed by atoms with Crippen LogP contribution in [0.5, 0.6) is 5.88 Å². The normalized spacial score (nSPS) is 20.1. The van der Waals surface area contributed by atoms with E-state index in [9.17, 15) is 0 Å². The average Bonchev–Trinajstić information content (AvgIpc) is 2.92. The van der Waals surface area contributed by atoms with Gasteiger partial charge in [0, 0.05) is 0 Å². The van der Waals surface area contributed by atoms with Gasteiger partial charge in [-0.3, -0.25) is 0 Å². The first-order chi connectivity index (χ1) is 17.1. The van der Waals surface area contributed by atoms with Crippen molar-refractivity contribution in [2.24, 2.45) is 0 Å². The van der Waals surface area contributed by atoms with Gasteiger partial charge in [-0.2, -0.15) is 0 Å². The Balaban J connectivity index is 1.41. The molecule has 2 aromatic heterocycles. The van der Waals surface area contributed by atoms with E-state index in [1.165, 1.54) is 67.5 Å². The van der Waals surface area contributed by atoms with Gasteiger partial charge >= 0.3 is 200 Å². The predicted octanol–water partition coefficient (Wildman–Crippen LogP) is 5.40. The van der Waals surface area contributed by atoms with Crippen molar-refractivity contribution in [2.45, 2.75) is 97.7 Å². The number of piperazine rings is 1. The summed E-state index contributed by atoms with van der Waals surface area (Å²) in [5, 5.41) is 0. The number of hydrogen-bond acceptors (Lipinski definition) is 6. The number of methoxy groups -OCH3 is 1. The average molecular weight is 586 g/mol. The third-order valence-corrected chi connectivity index (χ3v) is 23.3. The number of pyridine rings is 1. The zero-order valence-corrected chi connectivity index (χ0v) is 25.2. The number of anilines is 1. The number of rotatable bonds is 14. The second-order valence-corrected chi connectivity index (χ2v) is 23.7. The van der Waals surface area contributed by atoms with Crippen LogP contribution in [-0.4, -0.2) is 70.5 Å². The van der Waals surface area contributed by atoms with Gasteiger partial charge in [-0.05, 0) is 0 Å². The summed E-state index contributed by atoms with van der Waals surface area (Å²) in [5.41, 5.74) is 1.26. The van der Waals surface area contributed by atoms with Crippen LogP contribution in [-0.2, 0) is 6.54 Å². The van der Waals surface area contributed by atoms with E-state index in [1.807, 2.05) is 12.3 Å². The summed E-state index contributed by atoms with van der Waals surface area (Å²) in [6, 6.07) is 5.28. The van der Waals surface area contributed by atoms with Crippen molar-refractivity contribution >= 4 is 27.9 Å². The molecular weight excluding hydrogens is 541 g/mol. The molecule has 35 heavy (non-hydrogen) atoms. The molecule has 5 rings (SSSR count). The molecule has 0 amide bonds. The first-order valence-electron chi connectivity index (χ1n) is 13.9. The molecule has 0 N–H and O–H groups in total. The van der Waals surface area contributed by atoms with Crippen LogP contribution in [0.15, 0.2) is 30.7 Å². The molecule has 0 unspecified atom stereocenters. The van der Waals surface area contributed by atoms with Gasteiger partial charge in [-0.25, -0.2) is 0 Å². The molecule has 3 aliphatic heterocycles. The fourth-order valence-electron chi connectivity index (χ4n) is 6.03. The van der Waals surface area contributed by atoms with E-state index in [-0.39, 0.29) is 0 Å². The molecule has 0 radical (unpaired) electrons. The Morgan fingerprint density at radius 1 is 0.857 bits per heavy atom. The Kier molecular flexibility index (Phi) is 9.67. The van der Waals surface area contributed by atoms with Gasteiger partial charge in [-0.15, -0.1) is 0 Å². The second kappa shape index (κ2) is 12.7. The van der Waals surface area contributed by atoms with Crippen LogP contribution in [0.25, 0.3) is 0 Å². The molecule has 3 aliphatic rings. The van der Waals surface area contributed by atoms with Crippen LogP contribution in [0.3, 0.4) is 0 Å². The molecule has 0 aromatic carbocycles. The molecule has 0 saturated carbocycles. The summed E-state index contributed by atoms with van der Waals surface area (Å²) < 4.78 is 11.0. The zero-order valence-electron chi connectivity index (χ0n) is 22.4. The monoisotopic (exact) mass is 587 g/mol. The van der Waals surface area contributed by atoms with E-state index in [2.05, 4.69) is 54.0 Å². The standard InChI is InChI=1S/C16H18N5O.3C4H9.Sn/c1-22-16-3-2-12(7-19-16)9-21-13-6-14(21)11-20(10-13)15-8-17-4-5-18-15;3*1-3-4-2;/h2-3,5,7-8,13-14H,6,9-11H2,1H3;3*1,3-4H2,2H3;/t13-,14+;;;;. The van der Waals surface area contributed by atoms with Gasteiger partial charge in [-0.1, -0.05) is 0 Å².